The van der Waals surface area contributed by atoms with E-state index in [4.69, 9.17) is 0 Å². The Morgan fingerprint density at radius 3 is 2.58 bits per heavy atom. The van der Waals surface area contributed by atoms with Crippen LogP contribution in [0.3, 0.4) is 0 Å². The van der Waals surface area contributed by atoms with Crippen LogP contribution in [0.1, 0.15) is 29.6 Å². The summed E-state index contributed by atoms with van der Waals surface area (Å²) in [7, 11) is 1.85. The fourth-order valence-corrected chi connectivity index (χ4v) is 3.83. The molecule has 1 spiro atoms. The number of H-pyrrole nitrogens is 1. The van der Waals surface area contributed by atoms with E-state index in [2.05, 4.69) is 10.1 Å². The Bertz CT molecular complexity index is 756. The van der Waals surface area contributed by atoms with Gasteiger partial charge >= 0.3 is 0 Å². The van der Waals surface area contributed by atoms with Crippen molar-refractivity contribution in [3.8, 4) is 0 Å². The van der Waals surface area contributed by atoms with Crippen LogP contribution >= 0.6 is 0 Å². The first-order valence-corrected chi connectivity index (χ1v) is 8.33. The monoisotopic (exact) mass is 327 g/mol. The molecule has 2 aromatic rings. The molecule has 2 aromatic heterocycles. The van der Waals surface area contributed by atoms with Crippen LogP contribution in [-0.2, 0) is 11.8 Å². The molecule has 24 heavy (non-hydrogen) atoms. The lowest BCUT2D eigenvalue weighted by Gasteiger charge is -2.37. The summed E-state index contributed by atoms with van der Waals surface area (Å²) < 4.78 is 1.71. The first-order valence-electron chi connectivity index (χ1n) is 8.33. The molecule has 0 saturated carbocycles. The van der Waals surface area contributed by atoms with Crippen LogP contribution in [0.2, 0.25) is 0 Å². The third-order valence-electron chi connectivity index (χ3n) is 5.34. The predicted octanol–water partition coefficient (Wildman–Crippen LogP) is 1.41. The molecule has 2 aliphatic rings. The number of likely N-dealkylation sites (tertiary alicyclic amines) is 1. The summed E-state index contributed by atoms with van der Waals surface area (Å²) in [6, 6.07) is 3.66. The van der Waals surface area contributed by atoms with Gasteiger partial charge in [0.05, 0.1) is 11.0 Å². The van der Waals surface area contributed by atoms with Crippen molar-refractivity contribution in [2.45, 2.75) is 19.3 Å². The molecule has 0 aliphatic carbocycles. The van der Waals surface area contributed by atoms with E-state index in [1.165, 1.54) is 0 Å². The van der Waals surface area contributed by atoms with Gasteiger partial charge in [-0.1, -0.05) is 0 Å². The summed E-state index contributed by atoms with van der Waals surface area (Å²) in [5.41, 5.74) is 0.353. The topological polar surface area (TPSA) is 74.2 Å². The van der Waals surface area contributed by atoms with Gasteiger partial charge in [0.1, 0.15) is 0 Å². The van der Waals surface area contributed by atoms with Gasteiger partial charge < -0.3 is 9.88 Å². The molecule has 4 rings (SSSR count). The Kier molecular flexibility index (Phi) is 3.44. The number of piperidine rings is 1. The highest BCUT2D eigenvalue weighted by atomic mass is 16.2. The number of carbonyl (C=O) groups is 2. The quantitative estimate of drug-likeness (QED) is 0.906. The number of aromatic nitrogens is 3. The average Bonchev–Trinajstić information content (AvgIpc) is 3.31. The number of nitrogens with one attached hydrogen (secondary N) is 1. The maximum atomic E-state index is 13.0. The molecule has 2 amide bonds. The molecule has 7 heteroatoms. The Morgan fingerprint density at radius 2 is 1.96 bits per heavy atom. The Hall–Kier alpha value is -2.57. The van der Waals surface area contributed by atoms with Crippen LogP contribution < -0.4 is 4.90 Å². The number of nitrogens with zero attached hydrogens (tertiary/aromatic N) is 4. The molecule has 1 N–H and O–H groups in total. The Morgan fingerprint density at radius 1 is 1.21 bits per heavy atom. The smallest absolute Gasteiger partial charge is 0.255 e. The number of aryl methyl sites for hydroxylation is 1. The van der Waals surface area contributed by atoms with Crippen LogP contribution in [0.15, 0.2) is 30.7 Å². The molecule has 4 heterocycles. The van der Waals surface area contributed by atoms with Crippen molar-refractivity contribution in [2.24, 2.45) is 12.5 Å². The molecule has 2 fully saturated rings. The van der Waals surface area contributed by atoms with Gasteiger partial charge in [-0.2, -0.15) is 5.10 Å². The third-order valence-corrected chi connectivity index (χ3v) is 5.34. The molecule has 0 radical (unpaired) electrons. The van der Waals surface area contributed by atoms with Crippen molar-refractivity contribution in [3.05, 3.63) is 36.3 Å². The number of hydrogen-bond acceptors (Lipinski definition) is 3. The van der Waals surface area contributed by atoms with Gasteiger partial charge in [0.25, 0.3) is 5.91 Å². The van der Waals surface area contributed by atoms with Crippen molar-refractivity contribution >= 4 is 17.6 Å². The molecular formula is C17H21N5O2. The van der Waals surface area contributed by atoms with Crippen LogP contribution in [0.5, 0.6) is 0 Å². The molecule has 126 valence electrons. The van der Waals surface area contributed by atoms with Crippen molar-refractivity contribution in [1.82, 2.24) is 19.7 Å². The van der Waals surface area contributed by atoms with E-state index in [9.17, 15) is 9.59 Å². The minimum Gasteiger partial charge on any atom is -0.367 e. The van der Waals surface area contributed by atoms with Gasteiger partial charge in [-0.05, 0) is 25.3 Å². The SMILES string of the molecule is Cn1ccc(N2CCC3(CCN(C(=O)c4cc[nH]c4)CC3)C2=O)n1. The van der Waals surface area contributed by atoms with Crippen molar-refractivity contribution in [1.29, 1.82) is 0 Å². The highest BCUT2D eigenvalue weighted by Crippen LogP contribution is 2.42. The van der Waals surface area contributed by atoms with E-state index in [0.29, 0.717) is 25.2 Å². The van der Waals surface area contributed by atoms with Gasteiger partial charge in [-0.25, -0.2) is 0 Å². The van der Waals surface area contributed by atoms with E-state index < -0.39 is 0 Å². The largest absolute Gasteiger partial charge is 0.367 e. The molecule has 0 atom stereocenters. The average molecular weight is 327 g/mol. The molecule has 0 unspecified atom stereocenters. The number of hydrogen-bond donors (Lipinski definition) is 1. The highest BCUT2D eigenvalue weighted by molar-refractivity contribution is 5.99. The van der Waals surface area contributed by atoms with E-state index in [1.807, 2.05) is 24.2 Å². The van der Waals surface area contributed by atoms with E-state index in [1.54, 1.807) is 28.0 Å². The second-order valence-corrected chi connectivity index (χ2v) is 6.73. The van der Waals surface area contributed by atoms with Crippen LogP contribution in [0.4, 0.5) is 5.82 Å². The second-order valence-electron chi connectivity index (χ2n) is 6.73. The van der Waals surface area contributed by atoms with Crippen molar-refractivity contribution in [3.63, 3.8) is 0 Å². The predicted molar refractivity (Wildman–Crippen MR) is 88.5 cm³/mol. The second kappa shape index (κ2) is 5.51. The lowest BCUT2D eigenvalue weighted by molar-refractivity contribution is -0.127. The lowest BCUT2D eigenvalue weighted by atomic mass is 9.77. The molecule has 2 aliphatic heterocycles. The maximum Gasteiger partial charge on any atom is 0.255 e. The van der Waals surface area contributed by atoms with Crippen molar-refractivity contribution < 1.29 is 9.59 Å². The fourth-order valence-electron chi connectivity index (χ4n) is 3.83. The molecule has 2 saturated heterocycles. The summed E-state index contributed by atoms with van der Waals surface area (Å²) >= 11 is 0. The number of amides is 2. The Balaban J connectivity index is 1.45. The van der Waals surface area contributed by atoms with E-state index in [0.717, 1.165) is 25.1 Å². The van der Waals surface area contributed by atoms with E-state index in [-0.39, 0.29) is 17.2 Å². The number of carbonyl (C=O) groups excluding carboxylic acids is 2. The highest BCUT2D eigenvalue weighted by Gasteiger charge is 2.49. The zero-order valence-electron chi connectivity index (χ0n) is 13.7. The summed E-state index contributed by atoms with van der Waals surface area (Å²) in [4.78, 5) is 32.0. The van der Waals surface area contributed by atoms with Crippen LogP contribution in [-0.4, -0.2) is 51.1 Å². The molecular weight excluding hydrogens is 306 g/mol. The van der Waals surface area contributed by atoms with Crippen LogP contribution in [0.25, 0.3) is 0 Å². The fraction of sp³-hybridized carbons (Fsp3) is 0.471. The maximum absolute atomic E-state index is 13.0. The summed E-state index contributed by atoms with van der Waals surface area (Å²) in [6.45, 7) is 1.97. The third kappa shape index (κ3) is 2.31. The first-order chi connectivity index (χ1) is 11.6. The molecule has 7 nitrogen and oxygen atoms in total. The summed E-state index contributed by atoms with van der Waals surface area (Å²) in [6.07, 6.45) is 7.62. The lowest BCUT2D eigenvalue weighted by Crippen LogP contribution is -2.46. The van der Waals surface area contributed by atoms with Crippen molar-refractivity contribution in [2.75, 3.05) is 24.5 Å². The Labute approximate surface area is 140 Å². The first kappa shape index (κ1) is 15.0. The van der Waals surface area contributed by atoms with Gasteiger partial charge in [0.15, 0.2) is 5.82 Å². The standard InChI is InChI=1S/C17H21N5O2/c1-20-8-3-14(19-20)22-11-6-17(16(22)24)4-9-21(10-5-17)15(23)13-2-7-18-12-13/h2-3,7-8,12,18H,4-6,9-11H2,1H3. The number of anilines is 1. The normalized spacial score (nSPS) is 20.1. The van der Waals surface area contributed by atoms with Gasteiger partial charge in [0, 0.05) is 51.3 Å². The molecule has 0 bridgehead atoms. The van der Waals surface area contributed by atoms with Crippen LogP contribution in [0, 0.1) is 5.41 Å². The number of aromatic amines is 1. The number of rotatable bonds is 2. The summed E-state index contributed by atoms with van der Waals surface area (Å²) in [5, 5.41) is 4.35. The summed E-state index contributed by atoms with van der Waals surface area (Å²) in [5.74, 6) is 0.929. The molecule has 0 aromatic carbocycles. The minimum absolute atomic E-state index is 0.0399. The zero-order valence-corrected chi connectivity index (χ0v) is 13.7. The van der Waals surface area contributed by atoms with Gasteiger partial charge in [-0.15, -0.1) is 0 Å². The van der Waals surface area contributed by atoms with E-state index >= 15 is 0 Å². The zero-order chi connectivity index (χ0) is 16.7. The minimum atomic E-state index is -0.327. The van der Waals surface area contributed by atoms with Gasteiger partial charge in [-0.3, -0.25) is 19.2 Å². The van der Waals surface area contributed by atoms with Gasteiger partial charge in [0.2, 0.25) is 5.91 Å².